The fraction of sp³-hybridized carbons (Fsp3) is 0.870. The van der Waals surface area contributed by atoms with E-state index in [9.17, 15) is 0 Å². The molecule has 0 radical (unpaired) electrons. The molecule has 26 heavy (non-hydrogen) atoms. The van der Waals surface area contributed by atoms with Gasteiger partial charge < -0.3 is 11.1 Å². The fourth-order valence-electron chi connectivity index (χ4n) is 2.65. The summed E-state index contributed by atoms with van der Waals surface area (Å²) in [5.41, 5.74) is 5.37. The average molecular weight is 373 g/mol. The van der Waals surface area contributed by atoms with Gasteiger partial charge in [0.25, 0.3) is 0 Å². The van der Waals surface area contributed by atoms with E-state index in [2.05, 4.69) is 52.2 Å². The topological polar surface area (TPSA) is 55.1 Å². The lowest BCUT2D eigenvalue weighted by molar-refractivity contribution is -0.106. The van der Waals surface area contributed by atoms with Crippen molar-refractivity contribution < 1.29 is 4.79 Å². The van der Waals surface area contributed by atoms with Crippen molar-refractivity contribution >= 4 is 6.41 Å². The van der Waals surface area contributed by atoms with E-state index in [-0.39, 0.29) is 6.41 Å². The molecule has 0 spiro atoms. The maximum atomic E-state index is 8.58. The van der Waals surface area contributed by atoms with Crippen molar-refractivity contribution in [3.63, 3.8) is 0 Å². The second kappa shape index (κ2) is 28.8. The SMILES string of the molecule is C=C(CC)NC1CCCC(C)C1C.CC.CC.CCCCCC.NC=O. The van der Waals surface area contributed by atoms with Crippen LogP contribution in [0.25, 0.3) is 0 Å². The van der Waals surface area contributed by atoms with Gasteiger partial charge in [0.2, 0.25) is 6.41 Å². The van der Waals surface area contributed by atoms with Crippen molar-refractivity contribution in [1.29, 1.82) is 0 Å². The standard InChI is InChI=1S/C12H23N.C6H14.2C2H6.CH3NO/c1-5-10(3)13-12-8-6-7-9(2)11(12)4;1-3-5-6-4-2;2*1-2;2-1-3/h9,11-13H,3,5-8H2,1-2,4H3;3-6H2,1-2H3;2*1-2H3;1H,(H2,2,3). The monoisotopic (exact) mass is 372 g/mol. The Morgan fingerprint density at radius 3 is 1.81 bits per heavy atom. The second-order valence-electron chi connectivity index (χ2n) is 6.32. The van der Waals surface area contributed by atoms with Crippen molar-refractivity contribution in [2.45, 2.75) is 120 Å². The van der Waals surface area contributed by atoms with Crippen LogP contribution < -0.4 is 11.1 Å². The molecule has 0 saturated heterocycles. The van der Waals surface area contributed by atoms with Gasteiger partial charge in [-0.1, -0.05) is 107 Å². The molecule has 160 valence electrons. The summed E-state index contributed by atoms with van der Waals surface area (Å²) in [6.07, 6.45) is 10.9. The number of hydrogen-bond acceptors (Lipinski definition) is 2. The minimum Gasteiger partial charge on any atom is -0.386 e. The number of rotatable bonds is 6. The zero-order chi connectivity index (χ0) is 21.4. The number of carbonyl (C=O) groups excluding carboxylic acids is 1. The van der Waals surface area contributed by atoms with Crippen LogP contribution in [0.4, 0.5) is 0 Å². The smallest absolute Gasteiger partial charge is 0.204 e. The van der Waals surface area contributed by atoms with Crippen LogP contribution in [0.2, 0.25) is 0 Å². The highest BCUT2D eigenvalue weighted by atomic mass is 16.1. The third-order valence-corrected chi connectivity index (χ3v) is 4.48. The lowest BCUT2D eigenvalue weighted by atomic mass is 9.78. The highest BCUT2D eigenvalue weighted by Gasteiger charge is 2.26. The summed E-state index contributed by atoms with van der Waals surface area (Å²) < 4.78 is 0. The van der Waals surface area contributed by atoms with Crippen LogP contribution in [0.15, 0.2) is 12.3 Å². The van der Waals surface area contributed by atoms with Gasteiger partial charge in [0.05, 0.1) is 0 Å². The molecule has 1 amide bonds. The normalized spacial score (nSPS) is 20.1. The highest BCUT2D eigenvalue weighted by Crippen LogP contribution is 2.29. The summed E-state index contributed by atoms with van der Waals surface area (Å²) in [4.78, 5) is 8.58. The van der Waals surface area contributed by atoms with Gasteiger partial charge in [0.1, 0.15) is 0 Å². The molecule has 1 rings (SSSR count). The highest BCUT2D eigenvalue weighted by molar-refractivity contribution is 5.42. The van der Waals surface area contributed by atoms with Crippen molar-refractivity contribution in [3.8, 4) is 0 Å². The molecule has 1 aliphatic carbocycles. The van der Waals surface area contributed by atoms with Gasteiger partial charge in [-0.05, 0) is 24.7 Å². The molecule has 1 fully saturated rings. The predicted octanol–water partition coefficient (Wildman–Crippen LogP) is 7.06. The van der Waals surface area contributed by atoms with Crippen LogP contribution >= 0.6 is 0 Å². The van der Waals surface area contributed by atoms with E-state index >= 15 is 0 Å². The number of carbonyl (C=O) groups is 1. The average Bonchev–Trinajstić information content (AvgIpc) is 2.68. The molecule has 3 unspecified atom stereocenters. The molecule has 3 heteroatoms. The second-order valence-corrected chi connectivity index (χ2v) is 6.32. The molecular weight excluding hydrogens is 320 g/mol. The van der Waals surface area contributed by atoms with Gasteiger partial charge in [-0.3, -0.25) is 4.79 Å². The summed E-state index contributed by atoms with van der Waals surface area (Å²) in [6.45, 7) is 23.4. The summed E-state index contributed by atoms with van der Waals surface area (Å²) in [7, 11) is 0. The molecule has 0 aliphatic heterocycles. The zero-order valence-electron chi connectivity index (χ0n) is 19.7. The first kappa shape index (κ1) is 32.7. The summed E-state index contributed by atoms with van der Waals surface area (Å²) >= 11 is 0. The zero-order valence-corrected chi connectivity index (χ0v) is 19.7. The number of allylic oxidation sites excluding steroid dienone is 1. The predicted molar refractivity (Wildman–Crippen MR) is 121 cm³/mol. The molecule has 0 heterocycles. The molecule has 3 N–H and O–H groups in total. The van der Waals surface area contributed by atoms with E-state index < -0.39 is 0 Å². The van der Waals surface area contributed by atoms with Gasteiger partial charge in [0, 0.05) is 11.7 Å². The molecule has 1 saturated carbocycles. The van der Waals surface area contributed by atoms with Crippen LogP contribution in [-0.4, -0.2) is 12.5 Å². The number of primary amides is 1. The van der Waals surface area contributed by atoms with Crippen LogP contribution in [-0.2, 0) is 4.79 Å². The maximum absolute atomic E-state index is 8.58. The van der Waals surface area contributed by atoms with E-state index in [4.69, 9.17) is 4.79 Å². The lowest BCUT2D eigenvalue weighted by Crippen LogP contribution is -2.39. The van der Waals surface area contributed by atoms with Gasteiger partial charge in [-0.25, -0.2) is 0 Å². The maximum Gasteiger partial charge on any atom is 0.204 e. The molecule has 3 atom stereocenters. The van der Waals surface area contributed by atoms with Crippen molar-refractivity contribution in [2.24, 2.45) is 17.6 Å². The molecule has 1 aliphatic rings. The first-order valence-corrected chi connectivity index (χ1v) is 11.1. The molecule has 0 aromatic carbocycles. The Morgan fingerprint density at radius 2 is 1.46 bits per heavy atom. The van der Waals surface area contributed by atoms with Crippen LogP contribution in [0.5, 0.6) is 0 Å². The van der Waals surface area contributed by atoms with E-state index in [0.717, 1.165) is 18.3 Å². The lowest BCUT2D eigenvalue weighted by Gasteiger charge is -2.35. The molecular formula is C23H52N2O. The molecule has 0 bridgehead atoms. The van der Waals surface area contributed by atoms with Crippen molar-refractivity contribution in [3.05, 3.63) is 12.3 Å². The quantitative estimate of drug-likeness (QED) is 0.387. The van der Waals surface area contributed by atoms with Crippen LogP contribution in [0.3, 0.4) is 0 Å². The number of nitrogens with one attached hydrogen (secondary N) is 1. The Kier molecular flexibility index (Phi) is 36.2. The van der Waals surface area contributed by atoms with Gasteiger partial charge in [-0.15, -0.1) is 0 Å². The minimum atomic E-state index is 0.250. The number of unbranched alkanes of at least 4 members (excludes halogenated alkanes) is 3. The molecule has 0 aromatic rings. The Morgan fingerprint density at radius 1 is 1.04 bits per heavy atom. The van der Waals surface area contributed by atoms with Gasteiger partial charge in [-0.2, -0.15) is 0 Å². The van der Waals surface area contributed by atoms with Crippen molar-refractivity contribution in [1.82, 2.24) is 5.32 Å². The van der Waals surface area contributed by atoms with Gasteiger partial charge >= 0.3 is 0 Å². The third kappa shape index (κ3) is 23.0. The third-order valence-electron chi connectivity index (χ3n) is 4.48. The van der Waals surface area contributed by atoms with Crippen LogP contribution in [0.1, 0.15) is 114 Å². The number of hydrogen-bond donors (Lipinski definition) is 2. The van der Waals surface area contributed by atoms with E-state index in [1.54, 1.807) is 0 Å². The van der Waals surface area contributed by atoms with E-state index in [0.29, 0.717) is 6.04 Å². The Labute approximate surface area is 166 Å². The van der Waals surface area contributed by atoms with Crippen LogP contribution in [0, 0.1) is 11.8 Å². The van der Waals surface area contributed by atoms with Gasteiger partial charge in [0.15, 0.2) is 0 Å². The Bertz CT molecular complexity index is 263. The first-order chi connectivity index (χ1) is 12.5. The number of nitrogens with two attached hydrogens (primary N) is 1. The Balaban J connectivity index is -0.000000156. The van der Waals surface area contributed by atoms with Crippen molar-refractivity contribution in [2.75, 3.05) is 0 Å². The first-order valence-electron chi connectivity index (χ1n) is 11.1. The summed E-state index contributed by atoms with van der Waals surface area (Å²) in [6, 6.07) is 0.677. The van der Waals surface area contributed by atoms with E-state index in [1.807, 2.05) is 27.7 Å². The fourth-order valence-corrected chi connectivity index (χ4v) is 2.65. The largest absolute Gasteiger partial charge is 0.386 e. The number of amides is 1. The Hall–Kier alpha value is -0.990. The molecule has 0 aromatic heterocycles. The summed E-state index contributed by atoms with van der Waals surface area (Å²) in [5.74, 6) is 1.67. The molecule has 3 nitrogen and oxygen atoms in total. The minimum absolute atomic E-state index is 0.250. The summed E-state index contributed by atoms with van der Waals surface area (Å²) in [5, 5.41) is 3.55. The van der Waals surface area contributed by atoms with E-state index in [1.165, 1.54) is 50.6 Å².